The molecule has 5 nitrogen and oxygen atoms in total. The van der Waals surface area contributed by atoms with Gasteiger partial charge >= 0.3 is 0 Å². The molecule has 0 amide bonds. The molecule has 5 heteroatoms. The summed E-state index contributed by atoms with van der Waals surface area (Å²) in [4.78, 5) is 12.8. The van der Waals surface area contributed by atoms with Crippen LogP contribution in [0.4, 0.5) is 5.69 Å². The number of nitro groups is 1. The van der Waals surface area contributed by atoms with Crippen LogP contribution in [0.1, 0.15) is 37.3 Å². The Morgan fingerprint density at radius 2 is 2.05 bits per heavy atom. The third kappa shape index (κ3) is 4.90. The zero-order chi connectivity index (χ0) is 15.0. The van der Waals surface area contributed by atoms with Crippen molar-refractivity contribution >= 4 is 5.69 Å². The minimum atomic E-state index is -0.341. The van der Waals surface area contributed by atoms with Crippen LogP contribution >= 0.6 is 0 Å². The van der Waals surface area contributed by atoms with E-state index in [0.29, 0.717) is 13.1 Å². The smallest absolute Gasteiger partial charge is 0.272 e. The van der Waals surface area contributed by atoms with Crippen molar-refractivity contribution in [1.29, 1.82) is 0 Å². The maximum Gasteiger partial charge on any atom is 0.272 e. The van der Waals surface area contributed by atoms with Crippen LogP contribution in [0.3, 0.4) is 0 Å². The van der Waals surface area contributed by atoms with Crippen LogP contribution in [-0.4, -0.2) is 34.6 Å². The summed E-state index contributed by atoms with van der Waals surface area (Å²) in [5.74, 6) is 0. The Bertz CT molecular complexity index is 435. The molecule has 1 N–H and O–H groups in total. The normalized spacial score (nSPS) is 11.0. The predicted molar refractivity (Wildman–Crippen MR) is 79.7 cm³/mol. The third-order valence-electron chi connectivity index (χ3n) is 3.50. The molecule has 1 rings (SSSR count). The average Bonchev–Trinajstić information content (AvgIpc) is 2.41. The molecule has 112 valence electrons. The van der Waals surface area contributed by atoms with Gasteiger partial charge in [-0.05, 0) is 25.5 Å². The highest BCUT2D eigenvalue weighted by Crippen LogP contribution is 2.22. The molecule has 0 radical (unpaired) electrons. The Hall–Kier alpha value is -1.46. The lowest BCUT2D eigenvalue weighted by atomic mass is 10.1. The highest BCUT2D eigenvalue weighted by molar-refractivity contribution is 5.44. The van der Waals surface area contributed by atoms with E-state index in [1.54, 1.807) is 13.0 Å². The highest BCUT2D eigenvalue weighted by atomic mass is 16.6. The molecule has 0 aliphatic heterocycles. The molecule has 0 spiro atoms. The van der Waals surface area contributed by atoms with E-state index in [-0.39, 0.29) is 17.2 Å². The number of rotatable bonds is 9. The minimum Gasteiger partial charge on any atom is -0.395 e. The lowest BCUT2D eigenvalue weighted by Crippen LogP contribution is -2.28. The number of hydrogen-bond donors (Lipinski definition) is 1. The van der Waals surface area contributed by atoms with Gasteiger partial charge < -0.3 is 5.11 Å². The fourth-order valence-corrected chi connectivity index (χ4v) is 2.28. The van der Waals surface area contributed by atoms with Gasteiger partial charge in [-0.1, -0.05) is 31.9 Å². The number of hydrogen-bond acceptors (Lipinski definition) is 4. The lowest BCUT2D eigenvalue weighted by molar-refractivity contribution is -0.385. The number of aliphatic hydroxyl groups is 1. The molecule has 0 aliphatic rings. The van der Waals surface area contributed by atoms with Crippen LogP contribution in [0, 0.1) is 17.0 Å². The van der Waals surface area contributed by atoms with Crippen LogP contribution in [0.2, 0.25) is 0 Å². The van der Waals surface area contributed by atoms with Gasteiger partial charge in [-0.15, -0.1) is 0 Å². The summed E-state index contributed by atoms with van der Waals surface area (Å²) in [6.07, 6.45) is 3.41. The van der Waals surface area contributed by atoms with Gasteiger partial charge in [0.2, 0.25) is 0 Å². The molecule has 0 aromatic heterocycles. The Labute approximate surface area is 120 Å². The maximum absolute atomic E-state index is 10.9. The largest absolute Gasteiger partial charge is 0.395 e. The molecule has 0 fully saturated rings. The summed E-state index contributed by atoms with van der Waals surface area (Å²) in [7, 11) is 0. The second-order valence-electron chi connectivity index (χ2n) is 5.03. The van der Waals surface area contributed by atoms with Crippen LogP contribution in [0.5, 0.6) is 0 Å². The topological polar surface area (TPSA) is 66.6 Å². The first kappa shape index (κ1) is 16.6. The fraction of sp³-hybridized carbons (Fsp3) is 0.600. The Balaban J connectivity index is 2.77. The average molecular weight is 280 g/mol. The Morgan fingerprint density at radius 3 is 2.65 bits per heavy atom. The van der Waals surface area contributed by atoms with Crippen LogP contribution in [0.25, 0.3) is 0 Å². The molecule has 20 heavy (non-hydrogen) atoms. The Kier molecular flexibility index (Phi) is 7.18. The fourth-order valence-electron chi connectivity index (χ4n) is 2.28. The van der Waals surface area contributed by atoms with E-state index in [9.17, 15) is 10.1 Å². The van der Waals surface area contributed by atoms with Crippen molar-refractivity contribution in [3.63, 3.8) is 0 Å². The van der Waals surface area contributed by atoms with Gasteiger partial charge in [0.1, 0.15) is 0 Å². The van der Waals surface area contributed by atoms with Crippen molar-refractivity contribution in [2.45, 2.75) is 39.7 Å². The molecule has 0 atom stereocenters. The van der Waals surface area contributed by atoms with Crippen molar-refractivity contribution in [1.82, 2.24) is 4.90 Å². The molecule has 0 unspecified atom stereocenters. The quantitative estimate of drug-likeness (QED) is 0.429. The van der Waals surface area contributed by atoms with Gasteiger partial charge in [0.05, 0.1) is 11.5 Å². The van der Waals surface area contributed by atoms with Crippen molar-refractivity contribution in [3.05, 3.63) is 39.4 Å². The zero-order valence-electron chi connectivity index (χ0n) is 12.3. The standard InChI is InChI=1S/C15H24N2O3/c1-3-4-5-9-16(10-11-18)12-14-7-6-8-15(13(14)2)17(19)20/h6-8,18H,3-5,9-12H2,1-2H3. The van der Waals surface area contributed by atoms with Crippen molar-refractivity contribution in [3.8, 4) is 0 Å². The molecular weight excluding hydrogens is 256 g/mol. The maximum atomic E-state index is 10.9. The first-order chi connectivity index (χ1) is 9.60. The van der Waals surface area contributed by atoms with Gasteiger partial charge in [-0.25, -0.2) is 0 Å². The SMILES string of the molecule is CCCCCN(CCO)Cc1cccc([N+](=O)[O-])c1C. The van der Waals surface area contributed by atoms with E-state index in [1.165, 1.54) is 6.07 Å². The van der Waals surface area contributed by atoms with Gasteiger partial charge in [0, 0.05) is 24.7 Å². The summed E-state index contributed by atoms with van der Waals surface area (Å²) < 4.78 is 0. The predicted octanol–water partition coefficient (Wildman–Crippen LogP) is 2.89. The number of nitro benzene ring substituents is 1. The van der Waals surface area contributed by atoms with Gasteiger partial charge in [-0.2, -0.15) is 0 Å². The molecular formula is C15H24N2O3. The number of nitrogens with zero attached hydrogens (tertiary/aromatic N) is 2. The number of benzene rings is 1. The summed E-state index contributed by atoms with van der Waals surface area (Å²) in [6, 6.07) is 5.18. The van der Waals surface area contributed by atoms with Gasteiger partial charge in [0.25, 0.3) is 5.69 Å². The van der Waals surface area contributed by atoms with Crippen molar-refractivity contribution in [2.24, 2.45) is 0 Å². The summed E-state index contributed by atoms with van der Waals surface area (Å²) >= 11 is 0. The third-order valence-corrected chi connectivity index (χ3v) is 3.50. The first-order valence-electron chi connectivity index (χ1n) is 7.16. The number of aliphatic hydroxyl groups excluding tert-OH is 1. The van der Waals surface area contributed by atoms with E-state index < -0.39 is 0 Å². The van der Waals surface area contributed by atoms with E-state index in [4.69, 9.17) is 5.11 Å². The molecule has 1 aromatic rings. The van der Waals surface area contributed by atoms with Crippen molar-refractivity contribution in [2.75, 3.05) is 19.7 Å². The molecule has 0 saturated heterocycles. The van der Waals surface area contributed by atoms with Gasteiger partial charge in [0.15, 0.2) is 0 Å². The van der Waals surface area contributed by atoms with E-state index in [1.807, 2.05) is 6.07 Å². The van der Waals surface area contributed by atoms with E-state index in [2.05, 4.69) is 11.8 Å². The van der Waals surface area contributed by atoms with Crippen molar-refractivity contribution < 1.29 is 10.0 Å². The second-order valence-corrected chi connectivity index (χ2v) is 5.03. The first-order valence-corrected chi connectivity index (χ1v) is 7.16. The lowest BCUT2D eigenvalue weighted by Gasteiger charge is -2.22. The molecule has 0 saturated carbocycles. The molecule has 0 heterocycles. The van der Waals surface area contributed by atoms with Crippen LogP contribution in [0.15, 0.2) is 18.2 Å². The van der Waals surface area contributed by atoms with E-state index >= 15 is 0 Å². The Morgan fingerprint density at radius 1 is 1.30 bits per heavy atom. The molecule has 0 aliphatic carbocycles. The monoisotopic (exact) mass is 280 g/mol. The van der Waals surface area contributed by atoms with Gasteiger partial charge in [-0.3, -0.25) is 15.0 Å². The summed E-state index contributed by atoms with van der Waals surface area (Å²) in [5, 5.41) is 20.1. The van der Waals surface area contributed by atoms with E-state index in [0.717, 1.165) is 36.9 Å². The molecule has 0 bridgehead atoms. The highest BCUT2D eigenvalue weighted by Gasteiger charge is 2.15. The van der Waals surface area contributed by atoms with Crippen LogP contribution in [-0.2, 0) is 6.54 Å². The minimum absolute atomic E-state index is 0.111. The zero-order valence-corrected chi connectivity index (χ0v) is 12.3. The number of unbranched alkanes of at least 4 members (excludes halogenated alkanes) is 2. The summed E-state index contributed by atoms with van der Waals surface area (Å²) in [6.45, 7) is 6.22. The second kappa shape index (κ2) is 8.66. The van der Waals surface area contributed by atoms with Crippen LogP contribution < -0.4 is 0 Å². The molecule has 1 aromatic carbocycles. The summed E-state index contributed by atoms with van der Waals surface area (Å²) in [5.41, 5.74) is 1.85.